The van der Waals surface area contributed by atoms with Crippen LogP contribution in [0.15, 0.2) is 42.5 Å². The van der Waals surface area contributed by atoms with Gasteiger partial charge in [-0.25, -0.2) is 0 Å². The van der Waals surface area contributed by atoms with E-state index >= 15 is 0 Å². The number of carbonyl (C=O) groups is 1. The molecule has 2 aliphatic heterocycles. The molecule has 1 aromatic carbocycles. The zero-order valence-electron chi connectivity index (χ0n) is 13.9. The third-order valence-corrected chi connectivity index (χ3v) is 8.60. The Kier molecular flexibility index (Phi) is 4.80. The second-order valence-corrected chi connectivity index (χ2v) is 9.45. The Bertz CT molecular complexity index is 588. The van der Waals surface area contributed by atoms with Crippen molar-refractivity contribution in [2.75, 3.05) is 7.11 Å². The number of methoxy groups -OCH3 is 1. The minimum absolute atomic E-state index is 0.0368. The van der Waals surface area contributed by atoms with Gasteiger partial charge in [-0.15, -0.1) is 0 Å². The summed E-state index contributed by atoms with van der Waals surface area (Å²) in [7, 11) is 1.70. The number of hydrogen-bond donors (Lipinski definition) is 0. The maximum absolute atomic E-state index is 12.0. The Morgan fingerprint density at radius 3 is 2.70 bits per heavy atom. The van der Waals surface area contributed by atoms with Crippen molar-refractivity contribution in [2.45, 2.75) is 31.1 Å². The SMILES string of the molecule is C=C(C)[C@@H]1[C@H]2C[C@@H](C)C([Se]c3ccccc3)(O[C@@H]2OC)[C@H]1C=O. The first-order valence-electron chi connectivity index (χ1n) is 8.09. The molecule has 2 heterocycles. The van der Waals surface area contributed by atoms with Gasteiger partial charge in [0.25, 0.3) is 0 Å². The van der Waals surface area contributed by atoms with Crippen molar-refractivity contribution in [3.63, 3.8) is 0 Å². The van der Waals surface area contributed by atoms with Crippen LogP contribution in [0.1, 0.15) is 20.3 Å². The van der Waals surface area contributed by atoms with Crippen LogP contribution in [-0.2, 0) is 14.3 Å². The second kappa shape index (κ2) is 6.52. The van der Waals surface area contributed by atoms with Crippen LogP contribution in [-0.4, -0.2) is 39.1 Å². The van der Waals surface area contributed by atoms with Crippen molar-refractivity contribution in [3.05, 3.63) is 42.5 Å². The molecule has 3 aliphatic rings. The molecule has 1 aromatic rings. The van der Waals surface area contributed by atoms with E-state index in [9.17, 15) is 4.79 Å². The van der Waals surface area contributed by atoms with E-state index in [4.69, 9.17) is 9.47 Å². The third kappa shape index (κ3) is 2.72. The van der Waals surface area contributed by atoms with Gasteiger partial charge in [-0.2, -0.15) is 0 Å². The number of ether oxygens (including phenoxy) is 2. The number of fused-ring (bicyclic) bond motifs is 3. The van der Waals surface area contributed by atoms with Gasteiger partial charge in [0, 0.05) is 0 Å². The van der Waals surface area contributed by atoms with E-state index in [-0.39, 0.29) is 39.0 Å². The summed E-state index contributed by atoms with van der Waals surface area (Å²) in [5, 5.41) is 0. The number of rotatable bonds is 5. The number of benzene rings is 1. The molecule has 3 fully saturated rings. The van der Waals surface area contributed by atoms with E-state index in [1.165, 1.54) is 4.46 Å². The molecule has 0 spiro atoms. The van der Waals surface area contributed by atoms with Gasteiger partial charge in [-0.3, -0.25) is 0 Å². The van der Waals surface area contributed by atoms with Crippen molar-refractivity contribution in [2.24, 2.45) is 23.7 Å². The number of hydrogen-bond acceptors (Lipinski definition) is 3. The van der Waals surface area contributed by atoms with E-state index < -0.39 is 4.50 Å². The number of aldehydes is 1. The van der Waals surface area contributed by atoms with Crippen LogP contribution in [0.4, 0.5) is 0 Å². The second-order valence-electron chi connectivity index (χ2n) is 6.69. The molecule has 6 atom stereocenters. The van der Waals surface area contributed by atoms with E-state index in [0.717, 1.165) is 18.3 Å². The van der Waals surface area contributed by atoms with Crippen LogP contribution < -0.4 is 4.46 Å². The molecule has 1 unspecified atom stereocenters. The van der Waals surface area contributed by atoms with Crippen molar-refractivity contribution >= 4 is 25.7 Å². The Labute approximate surface area is 144 Å². The first-order valence-corrected chi connectivity index (χ1v) is 9.80. The number of carbonyl (C=O) groups excluding carboxylic acids is 1. The number of allylic oxidation sites excluding steroid dienone is 1. The molecule has 23 heavy (non-hydrogen) atoms. The molecule has 124 valence electrons. The van der Waals surface area contributed by atoms with Gasteiger partial charge in [0.2, 0.25) is 0 Å². The molecule has 4 rings (SSSR count). The van der Waals surface area contributed by atoms with E-state index in [2.05, 4.69) is 25.6 Å². The predicted octanol–water partition coefficient (Wildman–Crippen LogP) is 2.38. The van der Waals surface area contributed by atoms with Crippen molar-refractivity contribution in [3.8, 4) is 0 Å². The van der Waals surface area contributed by atoms with Crippen molar-refractivity contribution < 1.29 is 14.3 Å². The first kappa shape index (κ1) is 16.9. The van der Waals surface area contributed by atoms with Gasteiger partial charge >= 0.3 is 144 Å². The molecule has 0 N–H and O–H groups in total. The van der Waals surface area contributed by atoms with Crippen LogP contribution >= 0.6 is 0 Å². The maximum atomic E-state index is 12.0. The zero-order valence-corrected chi connectivity index (χ0v) is 15.6. The van der Waals surface area contributed by atoms with E-state index in [0.29, 0.717) is 5.92 Å². The monoisotopic (exact) mass is 380 g/mol. The molecule has 4 heteroatoms. The Hall–Kier alpha value is -0.931. The molecular formula is C19H24O3Se. The van der Waals surface area contributed by atoms with Crippen LogP contribution in [0, 0.1) is 23.7 Å². The van der Waals surface area contributed by atoms with Crippen LogP contribution in [0.2, 0.25) is 0 Å². The first-order chi connectivity index (χ1) is 11.0. The molecule has 3 nitrogen and oxygen atoms in total. The van der Waals surface area contributed by atoms with Gasteiger partial charge in [0.15, 0.2) is 0 Å². The summed E-state index contributed by atoms with van der Waals surface area (Å²) >= 11 is 0.0368. The topological polar surface area (TPSA) is 35.5 Å². The molecule has 1 saturated carbocycles. The van der Waals surface area contributed by atoms with Gasteiger partial charge < -0.3 is 0 Å². The summed E-state index contributed by atoms with van der Waals surface area (Å²) < 4.78 is 12.9. The summed E-state index contributed by atoms with van der Waals surface area (Å²) in [6, 6.07) is 10.4. The standard InChI is InChI=1S/C19H24O3Se/c1-12(2)17-15-10-13(3)19(16(17)11-20,22-18(15)21-4)23-14-8-6-5-7-9-14/h5-9,11,13,15-18H,1,10H2,2-4H3/t13-,15-,16+,17-,18+,19?/m1/s1. The van der Waals surface area contributed by atoms with Gasteiger partial charge in [0.1, 0.15) is 0 Å². The zero-order chi connectivity index (χ0) is 16.6. The average Bonchev–Trinajstić information content (AvgIpc) is 2.55. The molecule has 2 saturated heterocycles. The van der Waals surface area contributed by atoms with Crippen LogP contribution in [0.25, 0.3) is 0 Å². The van der Waals surface area contributed by atoms with E-state index in [1.54, 1.807) is 7.11 Å². The summed E-state index contributed by atoms with van der Waals surface area (Å²) in [6.07, 6.45) is 1.89. The van der Waals surface area contributed by atoms with Crippen molar-refractivity contribution in [1.82, 2.24) is 0 Å². The minimum atomic E-state index is -0.449. The Balaban J connectivity index is 2.04. The summed E-state index contributed by atoms with van der Waals surface area (Å²) in [5.41, 5.74) is 1.07. The normalized spacial score (nSPS) is 39.2. The molecule has 2 bridgehead atoms. The quantitative estimate of drug-likeness (QED) is 0.448. The Morgan fingerprint density at radius 2 is 2.13 bits per heavy atom. The summed E-state index contributed by atoms with van der Waals surface area (Å²) in [4.78, 5) is 12.0. The molecule has 1 aliphatic carbocycles. The van der Waals surface area contributed by atoms with Crippen LogP contribution in [0.5, 0.6) is 0 Å². The summed E-state index contributed by atoms with van der Waals surface area (Å²) in [5.74, 6) is 0.564. The predicted molar refractivity (Wildman–Crippen MR) is 91.6 cm³/mol. The van der Waals surface area contributed by atoms with Gasteiger partial charge in [-0.1, -0.05) is 0 Å². The van der Waals surface area contributed by atoms with E-state index in [1.807, 2.05) is 25.1 Å². The van der Waals surface area contributed by atoms with Gasteiger partial charge in [0.05, 0.1) is 0 Å². The summed E-state index contributed by atoms with van der Waals surface area (Å²) in [6.45, 7) is 8.41. The van der Waals surface area contributed by atoms with Gasteiger partial charge in [-0.05, 0) is 0 Å². The molecular weight excluding hydrogens is 355 g/mol. The van der Waals surface area contributed by atoms with Crippen LogP contribution in [0.3, 0.4) is 0 Å². The third-order valence-electron chi connectivity index (χ3n) is 5.24. The fourth-order valence-electron chi connectivity index (χ4n) is 4.25. The average molecular weight is 379 g/mol. The van der Waals surface area contributed by atoms with Crippen molar-refractivity contribution in [1.29, 1.82) is 0 Å². The fraction of sp³-hybridized carbons (Fsp3) is 0.526. The molecule has 0 amide bonds. The molecule has 0 aromatic heterocycles. The molecule has 0 radical (unpaired) electrons. The Morgan fingerprint density at radius 1 is 1.43 bits per heavy atom. The fourth-order valence-corrected chi connectivity index (χ4v) is 7.27.